The van der Waals surface area contributed by atoms with E-state index >= 15 is 0 Å². The van der Waals surface area contributed by atoms with Crippen molar-refractivity contribution in [3.63, 3.8) is 0 Å². The molecule has 0 aliphatic rings. The number of hydrogen-bond donors (Lipinski definition) is 0. The average Bonchev–Trinajstić information content (AvgIpc) is 2.75. The summed E-state index contributed by atoms with van der Waals surface area (Å²) < 4.78 is 0. The lowest BCUT2D eigenvalue weighted by atomic mass is 10.2. The Kier molecular flexibility index (Phi) is 6.48. The number of benzene rings is 4. The molecule has 0 amide bonds. The zero-order chi connectivity index (χ0) is 21.1. The first-order valence-corrected chi connectivity index (χ1v) is 13.8. The fourth-order valence-electron chi connectivity index (χ4n) is 3.89. The largest absolute Gasteiger partial charge is 0.0620 e. The van der Waals surface area contributed by atoms with Crippen LogP contribution < -0.4 is 21.2 Å². The molecule has 4 aromatic carbocycles. The second kappa shape index (κ2) is 9.26. The zero-order valence-electron chi connectivity index (χ0n) is 18.1. The van der Waals surface area contributed by atoms with Crippen LogP contribution in [0, 0.1) is 27.7 Å². The van der Waals surface area contributed by atoms with Crippen molar-refractivity contribution in [3.05, 3.63) is 119 Å². The summed E-state index contributed by atoms with van der Waals surface area (Å²) in [6, 6.07) is 36.0. The smallest absolute Gasteiger partial charge is 0.00947 e. The first-order chi connectivity index (χ1) is 14.6. The van der Waals surface area contributed by atoms with Crippen LogP contribution >= 0.6 is 15.2 Å². The van der Waals surface area contributed by atoms with Crippen LogP contribution in [0.5, 0.6) is 0 Å². The minimum Gasteiger partial charge on any atom is -0.0620 e. The van der Waals surface area contributed by atoms with E-state index < -0.39 is 15.2 Å². The Labute approximate surface area is 183 Å². The van der Waals surface area contributed by atoms with Crippen molar-refractivity contribution in [2.24, 2.45) is 0 Å². The lowest BCUT2D eigenvalue weighted by Crippen LogP contribution is -2.24. The minimum atomic E-state index is -0.576. The molecule has 0 radical (unpaired) electrons. The summed E-state index contributed by atoms with van der Waals surface area (Å²) in [6.45, 7) is 9.08. The third kappa shape index (κ3) is 4.13. The Hall–Kier alpha value is -2.26. The van der Waals surface area contributed by atoms with Crippen molar-refractivity contribution in [2.45, 2.75) is 27.7 Å². The highest BCUT2D eigenvalue weighted by atomic mass is 32.1. The van der Waals surface area contributed by atoms with E-state index in [1.807, 2.05) is 0 Å². The molecule has 0 aromatic heterocycles. The van der Waals surface area contributed by atoms with Gasteiger partial charge in [-0.3, -0.25) is 0 Å². The van der Waals surface area contributed by atoms with E-state index in [9.17, 15) is 0 Å². The maximum absolute atomic E-state index is 2.36. The van der Waals surface area contributed by atoms with E-state index in [1.165, 1.54) is 43.5 Å². The summed E-state index contributed by atoms with van der Waals surface area (Å²) in [6.07, 6.45) is 0. The van der Waals surface area contributed by atoms with E-state index in [4.69, 9.17) is 0 Å². The molecule has 0 saturated carbocycles. The zero-order valence-corrected chi connectivity index (χ0v) is 19.9. The summed E-state index contributed by atoms with van der Waals surface area (Å²) in [7, 11) is -1.15. The van der Waals surface area contributed by atoms with Crippen molar-refractivity contribution >= 4 is 36.4 Å². The fraction of sp³-hybridized carbons (Fsp3) is 0.143. The van der Waals surface area contributed by atoms with Crippen LogP contribution in [0.2, 0.25) is 0 Å². The molecule has 4 aromatic rings. The second-order valence-electron chi connectivity index (χ2n) is 7.77. The molecule has 0 fully saturated rings. The lowest BCUT2D eigenvalue weighted by Gasteiger charge is -2.33. The van der Waals surface area contributed by atoms with Gasteiger partial charge < -0.3 is 0 Å². The molecule has 0 atom stereocenters. The van der Waals surface area contributed by atoms with Crippen LogP contribution in [0.1, 0.15) is 22.3 Å². The summed E-state index contributed by atoms with van der Waals surface area (Å²) in [4.78, 5) is 0. The van der Waals surface area contributed by atoms with Gasteiger partial charge in [0.2, 0.25) is 0 Å². The van der Waals surface area contributed by atoms with Crippen molar-refractivity contribution in [3.8, 4) is 0 Å². The predicted octanol–water partition coefficient (Wildman–Crippen LogP) is 6.40. The summed E-state index contributed by atoms with van der Waals surface area (Å²) in [5, 5.41) is 6.00. The molecule has 0 saturated heterocycles. The Morgan fingerprint density at radius 2 is 0.533 bits per heavy atom. The van der Waals surface area contributed by atoms with Gasteiger partial charge in [-0.25, -0.2) is 0 Å². The van der Waals surface area contributed by atoms with Gasteiger partial charge in [-0.05, 0) is 86.4 Å². The van der Waals surface area contributed by atoms with Gasteiger partial charge in [0, 0.05) is 0 Å². The van der Waals surface area contributed by atoms with Crippen LogP contribution in [-0.2, 0) is 0 Å². The molecule has 0 aliphatic carbocycles. The standard InChI is InChI=1S/C28H28P2/c1-21-13-5-9-17-25(21)29(26-18-10-6-14-22(26)2)30(27-19-11-7-15-23(27)3)28-20-12-8-16-24(28)4/h5-20H,1-4H3. The monoisotopic (exact) mass is 426 g/mol. The molecule has 0 N–H and O–H groups in total. The fourth-order valence-corrected chi connectivity index (χ4v) is 13.1. The molecule has 0 spiro atoms. The highest BCUT2D eigenvalue weighted by molar-refractivity contribution is 8.41. The van der Waals surface area contributed by atoms with Crippen molar-refractivity contribution < 1.29 is 0 Å². The summed E-state index contributed by atoms with van der Waals surface area (Å²) in [5.41, 5.74) is 5.56. The minimum absolute atomic E-state index is 0.576. The van der Waals surface area contributed by atoms with Crippen LogP contribution in [0.25, 0.3) is 0 Å². The SMILES string of the molecule is Cc1ccccc1P(c1ccccc1C)P(c1ccccc1C)c1ccccc1C. The van der Waals surface area contributed by atoms with E-state index in [-0.39, 0.29) is 0 Å². The van der Waals surface area contributed by atoms with Crippen LogP contribution in [0.15, 0.2) is 97.1 Å². The Bertz CT molecular complexity index is 978. The molecule has 0 unspecified atom stereocenters. The summed E-state index contributed by atoms with van der Waals surface area (Å²) >= 11 is 0. The quantitative estimate of drug-likeness (QED) is 0.324. The van der Waals surface area contributed by atoms with E-state index in [2.05, 4.69) is 125 Å². The Morgan fingerprint density at radius 1 is 0.333 bits per heavy atom. The van der Waals surface area contributed by atoms with E-state index in [0.29, 0.717) is 0 Å². The summed E-state index contributed by atoms with van der Waals surface area (Å²) in [5.74, 6) is 0. The van der Waals surface area contributed by atoms with E-state index in [1.54, 1.807) is 0 Å². The molecule has 30 heavy (non-hydrogen) atoms. The first-order valence-electron chi connectivity index (χ1n) is 10.4. The molecule has 0 nitrogen and oxygen atoms in total. The number of hydrogen-bond acceptors (Lipinski definition) is 0. The molecule has 4 rings (SSSR count). The van der Waals surface area contributed by atoms with E-state index in [0.717, 1.165) is 0 Å². The molecular weight excluding hydrogens is 398 g/mol. The maximum Gasteiger partial charge on any atom is -0.00947 e. The van der Waals surface area contributed by atoms with Gasteiger partial charge in [0.05, 0.1) is 0 Å². The second-order valence-corrected chi connectivity index (χ2v) is 13.3. The van der Waals surface area contributed by atoms with Crippen molar-refractivity contribution in [2.75, 3.05) is 0 Å². The Balaban J connectivity index is 2.06. The van der Waals surface area contributed by atoms with Gasteiger partial charge in [-0.2, -0.15) is 0 Å². The Morgan fingerprint density at radius 3 is 0.733 bits per heavy atom. The number of rotatable bonds is 5. The maximum atomic E-state index is 2.36. The lowest BCUT2D eigenvalue weighted by molar-refractivity contribution is 1.50. The van der Waals surface area contributed by atoms with Crippen LogP contribution in [-0.4, -0.2) is 0 Å². The highest BCUT2D eigenvalue weighted by Crippen LogP contribution is 2.66. The van der Waals surface area contributed by atoms with Crippen LogP contribution in [0.3, 0.4) is 0 Å². The predicted molar refractivity (Wildman–Crippen MR) is 137 cm³/mol. The molecular formula is C28H28P2. The topological polar surface area (TPSA) is 0 Å². The number of aryl methyl sites for hydroxylation is 4. The third-order valence-electron chi connectivity index (χ3n) is 5.57. The van der Waals surface area contributed by atoms with Gasteiger partial charge in [-0.15, -0.1) is 0 Å². The molecule has 0 aliphatic heterocycles. The van der Waals surface area contributed by atoms with Crippen LogP contribution in [0.4, 0.5) is 0 Å². The van der Waals surface area contributed by atoms with Gasteiger partial charge >= 0.3 is 0 Å². The van der Waals surface area contributed by atoms with Gasteiger partial charge in [-0.1, -0.05) is 97.1 Å². The van der Waals surface area contributed by atoms with Gasteiger partial charge in [0.15, 0.2) is 0 Å². The van der Waals surface area contributed by atoms with Gasteiger partial charge in [0.1, 0.15) is 0 Å². The third-order valence-corrected chi connectivity index (χ3v) is 13.6. The molecule has 0 bridgehead atoms. The molecule has 0 heterocycles. The molecule has 2 heteroatoms. The highest BCUT2D eigenvalue weighted by Gasteiger charge is 2.31. The average molecular weight is 426 g/mol. The van der Waals surface area contributed by atoms with Crippen molar-refractivity contribution in [1.82, 2.24) is 0 Å². The molecule has 150 valence electrons. The van der Waals surface area contributed by atoms with Gasteiger partial charge in [0.25, 0.3) is 0 Å². The first kappa shape index (κ1) is 21.0. The van der Waals surface area contributed by atoms with Crippen molar-refractivity contribution in [1.29, 1.82) is 0 Å². The normalized spacial score (nSPS) is 11.3.